The molecule has 1 aromatic rings. The van der Waals surface area contributed by atoms with E-state index in [2.05, 4.69) is 15.3 Å². The molecule has 0 bridgehead atoms. The average molecular weight is 244 g/mol. The molecule has 90 valence electrons. The first-order chi connectivity index (χ1) is 7.45. The molecule has 0 aromatic carbocycles. The second-order valence-electron chi connectivity index (χ2n) is 4.23. The Labute approximate surface area is 101 Å². The highest BCUT2D eigenvalue weighted by atomic mass is 35.5. The Kier molecular flexibility index (Phi) is 4.50. The summed E-state index contributed by atoms with van der Waals surface area (Å²) in [5, 5.41) is 12.6. The fourth-order valence-corrected chi connectivity index (χ4v) is 1.36. The van der Waals surface area contributed by atoms with Gasteiger partial charge in [0.25, 0.3) is 0 Å². The molecule has 2 N–H and O–H groups in total. The lowest BCUT2D eigenvalue weighted by molar-refractivity contribution is 0.281. The molecule has 1 unspecified atom stereocenters. The van der Waals surface area contributed by atoms with E-state index in [1.165, 1.54) is 0 Å². The first kappa shape index (κ1) is 13.2. The molecule has 1 atom stereocenters. The molecule has 0 saturated heterocycles. The normalized spacial score (nSPS) is 12.9. The summed E-state index contributed by atoms with van der Waals surface area (Å²) in [6.45, 7) is 7.82. The Morgan fingerprint density at radius 1 is 1.31 bits per heavy atom. The lowest BCUT2D eigenvalue weighted by Gasteiger charge is -2.16. The molecule has 0 saturated carbocycles. The molecule has 16 heavy (non-hydrogen) atoms. The third kappa shape index (κ3) is 3.06. The number of aromatic nitrogens is 2. The molecule has 0 fully saturated rings. The third-order valence-electron chi connectivity index (χ3n) is 2.28. The number of halogens is 1. The van der Waals surface area contributed by atoms with Gasteiger partial charge in [-0.1, -0.05) is 25.4 Å². The lowest BCUT2D eigenvalue weighted by atomic mass is 10.2. The summed E-state index contributed by atoms with van der Waals surface area (Å²) in [5.41, 5.74) is 0.811. The van der Waals surface area contributed by atoms with Crippen molar-refractivity contribution in [1.29, 1.82) is 0 Å². The second-order valence-corrected chi connectivity index (χ2v) is 4.59. The van der Waals surface area contributed by atoms with E-state index in [9.17, 15) is 0 Å². The highest BCUT2D eigenvalue weighted by Crippen LogP contribution is 2.23. The Hall–Kier alpha value is -0.870. The maximum atomic E-state index is 9.00. The van der Waals surface area contributed by atoms with Crippen molar-refractivity contribution < 1.29 is 5.11 Å². The van der Waals surface area contributed by atoms with Crippen molar-refractivity contribution in [3.05, 3.63) is 16.5 Å². The number of hydrogen-bond donors (Lipinski definition) is 2. The number of aliphatic hydroxyl groups excluding tert-OH is 1. The van der Waals surface area contributed by atoms with Crippen molar-refractivity contribution in [1.82, 2.24) is 9.97 Å². The van der Waals surface area contributed by atoms with E-state index < -0.39 is 0 Å². The van der Waals surface area contributed by atoms with Crippen LogP contribution >= 0.6 is 11.6 Å². The Bertz CT molecular complexity index is 368. The van der Waals surface area contributed by atoms with Gasteiger partial charge in [0.05, 0.1) is 6.61 Å². The van der Waals surface area contributed by atoms with Crippen LogP contribution in [0.5, 0.6) is 0 Å². The number of nitrogens with one attached hydrogen (secondary N) is 1. The number of rotatable bonds is 4. The summed E-state index contributed by atoms with van der Waals surface area (Å²) in [6.07, 6.45) is 0. The van der Waals surface area contributed by atoms with E-state index in [0.717, 1.165) is 5.56 Å². The van der Waals surface area contributed by atoms with E-state index in [4.69, 9.17) is 16.7 Å². The molecular weight excluding hydrogens is 226 g/mol. The summed E-state index contributed by atoms with van der Waals surface area (Å²) in [5.74, 6) is 1.64. The highest BCUT2D eigenvalue weighted by molar-refractivity contribution is 6.30. The van der Waals surface area contributed by atoms with Crippen LogP contribution in [-0.2, 0) is 0 Å². The molecule has 4 nitrogen and oxygen atoms in total. The third-order valence-corrected chi connectivity index (χ3v) is 2.65. The van der Waals surface area contributed by atoms with E-state index >= 15 is 0 Å². The van der Waals surface area contributed by atoms with Gasteiger partial charge in [0.1, 0.15) is 16.8 Å². The van der Waals surface area contributed by atoms with Crippen molar-refractivity contribution in [2.24, 2.45) is 0 Å². The van der Waals surface area contributed by atoms with Crippen LogP contribution < -0.4 is 5.32 Å². The van der Waals surface area contributed by atoms with Crippen molar-refractivity contribution in [3.8, 4) is 0 Å². The number of hydrogen-bond acceptors (Lipinski definition) is 4. The van der Waals surface area contributed by atoms with E-state index in [1.807, 2.05) is 27.7 Å². The van der Waals surface area contributed by atoms with Gasteiger partial charge >= 0.3 is 0 Å². The van der Waals surface area contributed by atoms with Crippen molar-refractivity contribution in [2.75, 3.05) is 11.9 Å². The van der Waals surface area contributed by atoms with Gasteiger partial charge in [-0.25, -0.2) is 9.97 Å². The molecule has 5 heteroatoms. The van der Waals surface area contributed by atoms with Gasteiger partial charge in [0.15, 0.2) is 0 Å². The van der Waals surface area contributed by atoms with Crippen molar-refractivity contribution in [3.63, 3.8) is 0 Å². The minimum absolute atomic E-state index is 0.0512. The van der Waals surface area contributed by atoms with E-state index in [0.29, 0.717) is 16.8 Å². The molecule has 0 aliphatic rings. The first-order valence-corrected chi connectivity index (χ1v) is 5.75. The average Bonchev–Trinajstić information content (AvgIpc) is 2.23. The zero-order valence-electron chi connectivity index (χ0n) is 10.1. The van der Waals surface area contributed by atoms with Crippen LogP contribution in [0.3, 0.4) is 0 Å². The number of nitrogens with zero attached hydrogens (tertiary/aromatic N) is 2. The quantitative estimate of drug-likeness (QED) is 0.797. The standard InChI is InChI=1S/C11H18ClN3O/c1-6(2)10-14-9(12)8(4)11(15-10)13-7(3)5-16/h6-7,16H,5H2,1-4H3,(H,13,14,15). The maximum Gasteiger partial charge on any atom is 0.137 e. The van der Waals surface area contributed by atoms with Crippen LogP contribution in [-0.4, -0.2) is 27.7 Å². The van der Waals surface area contributed by atoms with Crippen LogP contribution in [0.15, 0.2) is 0 Å². The smallest absolute Gasteiger partial charge is 0.137 e. The maximum absolute atomic E-state index is 9.00. The fourth-order valence-electron chi connectivity index (χ4n) is 1.18. The van der Waals surface area contributed by atoms with Gasteiger partial charge < -0.3 is 10.4 Å². The monoisotopic (exact) mass is 243 g/mol. The summed E-state index contributed by atoms with van der Waals surface area (Å²) in [7, 11) is 0. The molecular formula is C11H18ClN3O. The zero-order chi connectivity index (χ0) is 12.3. The van der Waals surface area contributed by atoms with Crippen LogP contribution in [0, 0.1) is 6.92 Å². The lowest BCUT2D eigenvalue weighted by Crippen LogP contribution is -2.21. The van der Waals surface area contributed by atoms with Gasteiger partial charge in [-0.15, -0.1) is 0 Å². The predicted molar refractivity (Wildman–Crippen MR) is 66.0 cm³/mol. The first-order valence-electron chi connectivity index (χ1n) is 5.37. The Morgan fingerprint density at radius 3 is 2.44 bits per heavy atom. The Morgan fingerprint density at radius 2 is 1.94 bits per heavy atom. The summed E-state index contributed by atoms with van der Waals surface area (Å²) in [4.78, 5) is 8.62. The fraction of sp³-hybridized carbons (Fsp3) is 0.636. The SMILES string of the molecule is Cc1c(Cl)nc(C(C)C)nc1NC(C)CO. The topological polar surface area (TPSA) is 58.0 Å². The van der Waals surface area contributed by atoms with Gasteiger partial charge in [-0.2, -0.15) is 0 Å². The molecule has 0 aliphatic heterocycles. The molecule has 0 amide bonds. The molecule has 1 heterocycles. The number of aliphatic hydroxyl groups is 1. The summed E-state index contributed by atoms with van der Waals surface area (Å²) < 4.78 is 0. The zero-order valence-corrected chi connectivity index (χ0v) is 10.8. The highest BCUT2D eigenvalue weighted by Gasteiger charge is 2.12. The Balaban J connectivity index is 3.06. The number of anilines is 1. The van der Waals surface area contributed by atoms with Crippen LogP contribution in [0.4, 0.5) is 5.82 Å². The van der Waals surface area contributed by atoms with Gasteiger partial charge in [0.2, 0.25) is 0 Å². The minimum Gasteiger partial charge on any atom is -0.394 e. The molecule has 0 radical (unpaired) electrons. The van der Waals surface area contributed by atoms with Gasteiger partial charge in [-0.3, -0.25) is 0 Å². The summed E-state index contributed by atoms with van der Waals surface area (Å²) >= 11 is 6.04. The molecule has 1 aromatic heterocycles. The second kappa shape index (κ2) is 5.46. The predicted octanol–water partition coefficient (Wildman–Crippen LogP) is 2.35. The summed E-state index contributed by atoms with van der Waals surface area (Å²) in [6, 6.07) is -0.0512. The van der Waals surface area contributed by atoms with E-state index in [-0.39, 0.29) is 18.6 Å². The van der Waals surface area contributed by atoms with Gasteiger partial charge in [0, 0.05) is 17.5 Å². The largest absolute Gasteiger partial charge is 0.394 e. The van der Waals surface area contributed by atoms with Crippen molar-refractivity contribution >= 4 is 17.4 Å². The van der Waals surface area contributed by atoms with Gasteiger partial charge in [-0.05, 0) is 13.8 Å². The van der Waals surface area contributed by atoms with E-state index in [1.54, 1.807) is 0 Å². The van der Waals surface area contributed by atoms with Crippen LogP contribution in [0.1, 0.15) is 38.1 Å². The molecule has 0 aliphatic carbocycles. The van der Waals surface area contributed by atoms with Crippen molar-refractivity contribution in [2.45, 2.75) is 39.7 Å². The minimum atomic E-state index is -0.0512. The molecule has 1 rings (SSSR count). The molecule has 0 spiro atoms. The van der Waals surface area contributed by atoms with Crippen LogP contribution in [0.25, 0.3) is 0 Å². The van der Waals surface area contributed by atoms with Crippen LogP contribution in [0.2, 0.25) is 5.15 Å².